The molecule has 0 radical (unpaired) electrons. The number of fused-ring (bicyclic) bond motifs is 10. The van der Waals surface area contributed by atoms with Gasteiger partial charge in [0.05, 0.1) is 33.4 Å². The first-order valence-electron chi connectivity index (χ1n) is 23.1. The minimum Gasteiger partial charge on any atom is -0.309 e. The van der Waals surface area contributed by atoms with Crippen LogP contribution in [0.5, 0.6) is 0 Å². The minimum atomic E-state index is 0.623. The topological polar surface area (TPSA) is 48.5 Å². The maximum atomic E-state index is 5.31. The molecule has 0 amide bonds. The zero-order valence-electron chi connectivity index (χ0n) is 36.8. The molecule has 14 rings (SSSR count). The van der Waals surface area contributed by atoms with E-state index in [1.54, 1.807) is 0 Å². The van der Waals surface area contributed by atoms with Gasteiger partial charge in [0.1, 0.15) is 0 Å². The lowest BCUT2D eigenvalue weighted by atomic mass is 9.99. The van der Waals surface area contributed by atoms with Gasteiger partial charge in [0, 0.05) is 54.4 Å². The second kappa shape index (κ2) is 15.2. The Kier molecular flexibility index (Phi) is 8.52. The van der Waals surface area contributed by atoms with Gasteiger partial charge in [0.2, 0.25) is 0 Å². The fraction of sp³-hybridized carbons (Fsp3) is 0. The predicted molar refractivity (Wildman–Crippen MR) is 283 cm³/mol. The Hall–Kier alpha value is -9.19. The van der Waals surface area contributed by atoms with Crippen molar-refractivity contribution in [3.63, 3.8) is 0 Å². The van der Waals surface area contributed by atoms with E-state index in [0.29, 0.717) is 17.5 Å². The van der Waals surface area contributed by atoms with Crippen LogP contribution < -0.4 is 0 Å². The molecule has 0 fully saturated rings. The Morgan fingerprint density at radius 2 is 0.779 bits per heavy atom. The average Bonchev–Trinajstić information content (AvgIpc) is 3.92. The van der Waals surface area contributed by atoms with Crippen LogP contribution in [0, 0.1) is 0 Å². The molecule has 14 aromatic rings. The zero-order chi connectivity index (χ0) is 44.7. The molecular weight excluding hydrogens is 827 g/mol. The number of hydrogen-bond acceptors (Lipinski definition) is 3. The fourth-order valence-electron chi connectivity index (χ4n) is 10.7. The third kappa shape index (κ3) is 5.86. The van der Waals surface area contributed by atoms with E-state index in [0.717, 1.165) is 61.0 Å². The first-order valence-corrected chi connectivity index (χ1v) is 23.1. The summed E-state index contributed by atoms with van der Waals surface area (Å²) in [6.07, 6.45) is 0. The largest absolute Gasteiger partial charge is 0.309 e. The second-order valence-corrected chi connectivity index (χ2v) is 17.5. The summed E-state index contributed by atoms with van der Waals surface area (Å²) in [7, 11) is 0. The van der Waals surface area contributed by atoms with Gasteiger partial charge in [0.15, 0.2) is 17.5 Å². The number of aromatic nitrogens is 5. The van der Waals surface area contributed by atoms with Crippen LogP contribution in [-0.4, -0.2) is 24.1 Å². The van der Waals surface area contributed by atoms with Gasteiger partial charge in [-0.25, -0.2) is 15.0 Å². The third-order valence-electron chi connectivity index (χ3n) is 13.8. The number of para-hydroxylation sites is 2. The summed E-state index contributed by atoms with van der Waals surface area (Å²) in [5, 5.41) is 11.9. The monoisotopic (exact) mass is 865 g/mol. The van der Waals surface area contributed by atoms with E-state index in [4.69, 9.17) is 15.0 Å². The molecular formula is C63H39N5. The SMILES string of the molecule is c1ccc(-c2nc(-c3ccccc3-c3ccccc3)nc(-c3cccc4c(-n5c6ccccc6c6cc7c(-n8c9ccccc9c9ccc%10ccccc%10c98)cccc7cc65)cccc34)n2)cc1. The standard InChI is InChI=1S/C63H39N5/c1-3-18-40(19-4-1)44-24-9-10-28-51(44)62-64-61(42-21-5-2-6-22-42)65-63(66-62)52-31-16-30-47-46(52)29-17-35-56(47)67-55-32-13-12-27-49(55)54-39-53-43(38-59(54)67)23-15-34-58(53)68-57-33-14-11-26-48(57)50-37-36-41-20-7-8-25-45(41)60(50)68/h1-39H. The van der Waals surface area contributed by atoms with E-state index in [1.165, 1.54) is 54.1 Å². The predicted octanol–water partition coefficient (Wildman–Crippen LogP) is 16.2. The van der Waals surface area contributed by atoms with Crippen LogP contribution in [0.1, 0.15) is 0 Å². The van der Waals surface area contributed by atoms with Gasteiger partial charge < -0.3 is 9.13 Å². The molecule has 0 saturated carbocycles. The first-order chi connectivity index (χ1) is 33.7. The van der Waals surface area contributed by atoms with E-state index >= 15 is 0 Å². The molecule has 5 heteroatoms. The average molecular weight is 866 g/mol. The molecule has 0 aliphatic heterocycles. The lowest BCUT2D eigenvalue weighted by Gasteiger charge is -2.16. The van der Waals surface area contributed by atoms with Crippen molar-refractivity contribution in [2.75, 3.05) is 0 Å². The Balaban J connectivity index is 0.990. The molecule has 0 aliphatic rings. The van der Waals surface area contributed by atoms with E-state index in [-0.39, 0.29) is 0 Å². The van der Waals surface area contributed by atoms with Crippen molar-refractivity contribution >= 4 is 75.9 Å². The van der Waals surface area contributed by atoms with Crippen LogP contribution in [0.15, 0.2) is 237 Å². The molecule has 0 spiro atoms. The summed E-state index contributed by atoms with van der Waals surface area (Å²) in [5.74, 6) is 1.88. The van der Waals surface area contributed by atoms with Crippen molar-refractivity contribution in [3.8, 4) is 56.7 Å². The molecule has 3 heterocycles. The molecule has 11 aromatic carbocycles. The van der Waals surface area contributed by atoms with Gasteiger partial charge in [-0.15, -0.1) is 0 Å². The Morgan fingerprint density at radius 1 is 0.250 bits per heavy atom. The molecule has 0 N–H and O–H groups in total. The van der Waals surface area contributed by atoms with Crippen molar-refractivity contribution in [1.29, 1.82) is 0 Å². The maximum absolute atomic E-state index is 5.31. The van der Waals surface area contributed by atoms with Crippen molar-refractivity contribution < 1.29 is 0 Å². The van der Waals surface area contributed by atoms with Crippen molar-refractivity contribution in [2.24, 2.45) is 0 Å². The highest BCUT2D eigenvalue weighted by molar-refractivity contribution is 6.21. The summed E-state index contributed by atoms with van der Waals surface area (Å²) >= 11 is 0. The first kappa shape index (κ1) is 38.1. The molecule has 0 bridgehead atoms. The molecule has 0 unspecified atom stereocenters. The van der Waals surface area contributed by atoms with Crippen molar-refractivity contribution in [1.82, 2.24) is 24.1 Å². The molecule has 316 valence electrons. The number of benzene rings is 11. The Bertz CT molecular complexity index is 4320. The van der Waals surface area contributed by atoms with Crippen molar-refractivity contribution in [2.45, 2.75) is 0 Å². The van der Waals surface area contributed by atoms with Gasteiger partial charge in [0.25, 0.3) is 0 Å². The lowest BCUT2D eigenvalue weighted by molar-refractivity contribution is 1.08. The molecule has 3 aromatic heterocycles. The molecule has 0 saturated heterocycles. The molecule has 68 heavy (non-hydrogen) atoms. The molecule has 0 aliphatic carbocycles. The summed E-state index contributed by atoms with van der Waals surface area (Å²) in [4.78, 5) is 15.7. The van der Waals surface area contributed by atoms with Gasteiger partial charge in [-0.3, -0.25) is 0 Å². The van der Waals surface area contributed by atoms with Crippen LogP contribution >= 0.6 is 0 Å². The highest BCUT2D eigenvalue weighted by Crippen LogP contribution is 2.43. The fourth-order valence-corrected chi connectivity index (χ4v) is 10.7. The van der Waals surface area contributed by atoms with E-state index < -0.39 is 0 Å². The minimum absolute atomic E-state index is 0.623. The quantitative estimate of drug-likeness (QED) is 0.167. The van der Waals surface area contributed by atoms with Crippen molar-refractivity contribution in [3.05, 3.63) is 237 Å². The summed E-state index contributed by atoms with van der Waals surface area (Å²) < 4.78 is 4.93. The zero-order valence-corrected chi connectivity index (χ0v) is 36.8. The Morgan fingerprint density at radius 3 is 1.57 bits per heavy atom. The summed E-state index contributed by atoms with van der Waals surface area (Å²) in [6, 6.07) is 84.6. The van der Waals surface area contributed by atoms with Crippen LogP contribution in [0.2, 0.25) is 0 Å². The normalized spacial score (nSPS) is 11.8. The van der Waals surface area contributed by atoms with E-state index in [1.807, 2.05) is 24.3 Å². The van der Waals surface area contributed by atoms with Gasteiger partial charge in [-0.1, -0.05) is 200 Å². The maximum Gasteiger partial charge on any atom is 0.164 e. The Labute approximate surface area is 391 Å². The van der Waals surface area contributed by atoms with Gasteiger partial charge in [-0.05, 0) is 63.7 Å². The number of hydrogen-bond donors (Lipinski definition) is 0. The van der Waals surface area contributed by atoms with Crippen LogP contribution in [-0.2, 0) is 0 Å². The highest BCUT2D eigenvalue weighted by atomic mass is 15.0. The number of rotatable bonds is 6. The second-order valence-electron chi connectivity index (χ2n) is 17.5. The lowest BCUT2D eigenvalue weighted by Crippen LogP contribution is -2.02. The van der Waals surface area contributed by atoms with Gasteiger partial charge in [-0.2, -0.15) is 0 Å². The summed E-state index contributed by atoms with van der Waals surface area (Å²) in [6.45, 7) is 0. The van der Waals surface area contributed by atoms with E-state index in [2.05, 4.69) is 221 Å². The van der Waals surface area contributed by atoms with Crippen LogP contribution in [0.4, 0.5) is 0 Å². The third-order valence-corrected chi connectivity index (χ3v) is 13.8. The summed E-state index contributed by atoms with van der Waals surface area (Å²) in [5.41, 5.74) is 12.0. The van der Waals surface area contributed by atoms with E-state index in [9.17, 15) is 0 Å². The highest BCUT2D eigenvalue weighted by Gasteiger charge is 2.22. The number of nitrogens with zero attached hydrogens (tertiary/aromatic N) is 5. The smallest absolute Gasteiger partial charge is 0.164 e. The molecule has 0 atom stereocenters. The van der Waals surface area contributed by atoms with Crippen LogP contribution in [0.3, 0.4) is 0 Å². The molecule has 5 nitrogen and oxygen atoms in total. The van der Waals surface area contributed by atoms with Crippen LogP contribution in [0.25, 0.3) is 133 Å². The van der Waals surface area contributed by atoms with Gasteiger partial charge >= 0.3 is 0 Å².